The lowest BCUT2D eigenvalue weighted by molar-refractivity contribution is -0.928. The van der Waals surface area contributed by atoms with Crippen LogP contribution in [0.15, 0.2) is 83.1 Å². The minimum atomic E-state index is -4.01. The van der Waals surface area contributed by atoms with Crippen LogP contribution in [0.5, 0.6) is 23.0 Å². The molecule has 50 heavy (non-hydrogen) atoms. The Labute approximate surface area is 296 Å². The number of piperidine rings is 1. The number of phenols is 1. The normalized spacial score (nSPS) is 18.1. The second-order valence-electron chi connectivity index (χ2n) is 12.7. The van der Waals surface area contributed by atoms with Crippen molar-refractivity contribution in [3.8, 4) is 23.0 Å². The van der Waals surface area contributed by atoms with Gasteiger partial charge in [0.25, 0.3) is 0 Å². The standard InChI is InChI=1S/C36H42N4O8S2/c1-24-7-18-34(49-24)50(44,45)48-30-15-11-27(12-16-30)38-36(43)39(35(42)31(37)20-25-8-13-29(41)14-9-25)28-6-5-19-40(2,23-28)22-26-10-17-32(46-3)33(21-26)47-4/h7-18,21,28,31H,5-6,19-20,22-23,37H2,1-4H3,(H-,38,41,43)/p+1/t28-,31-,40?/m0/s1. The van der Waals surface area contributed by atoms with E-state index in [2.05, 4.69) is 12.4 Å². The Morgan fingerprint density at radius 1 is 1.00 bits per heavy atom. The second kappa shape index (κ2) is 15.5. The molecule has 3 atom stereocenters. The summed E-state index contributed by atoms with van der Waals surface area (Å²) in [7, 11) is 1.27. The molecule has 0 saturated carbocycles. The number of urea groups is 1. The Hall–Kier alpha value is -4.63. The number of likely N-dealkylation sites (tertiary alicyclic amines) is 1. The quantitative estimate of drug-likeness (QED) is 0.131. The number of carbonyl (C=O) groups is 2. The number of aryl methyl sites for hydroxylation is 1. The number of rotatable bonds is 12. The summed E-state index contributed by atoms with van der Waals surface area (Å²) in [5, 5.41) is 12.5. The van der Waals surface area contributed by atoms with Crippen molar-refractivity contribution in [1.29, 1.82) is 0 Å². The van der Waals surface area contributed by atoms with Crippen molar-refractivity contribution in [2.75, 3.05) is 39.7 Å². The average molecular weight is 724 g/mol. The number of phenolic OH excluding ortho intramolecular Hbond substituents is 1. The fourth-order valence-corrected chi connectivity index (χ4v) is 8.44. The van der Waals surface area contributed by atoms with Crippen LogP contribution in [0.1, 0.15) is 28.8 Å². The minimum absolute atomic E-state index is 0.0772. The van der Waals surface area contributed by atoms with Gasteiger partial charge in [-0.1, -0.05) is 12.1 Å². The smallest absolute Gasteiger partial charge is 0.348 e. The first-order chi connectivity index (χ1) is 23.8. The number of hydrogen-bond donors (Lipinski definition) is 3. The third-order valence-electron chi connectivity index (χ3n) is 8.70. The van der Waals surface area contributed by atoms with Gasteiger partial charge in [-0.15, -0.1) is 11.3 Å². The number of methoxy groups -OCH3 is 2. The maximum Gasteiger partial charge on any atom is 0.348 e. The third kappa shape index (κ3) is 8.93. The highest BCUT2D eigenvalue weighted by atomic mass is 32.3. The van der Waals surface area contributed by atoms with Crippen LogP contribution in [-0.2, 0) is 27.9 Å². The molecule has 1 unspecified atom stereocenters. The van der Waals surface area contributed by atoms with Gasteiger partial charge in [-0.2, -0.15) is 8.42 Å². The number of nitrogens with zero attached hydrogens (tertiary/aromatic N) is 2. The van der Waals surface area contributed by atoms with E-state index in [1.807, 2.05) is 18.2 Å². The molecule has 3 amide bonds. The number of nitrogens with one attached hydrogen (secondary N) is 1. The number of quaternary nitrogens is 1. The molecule has 1 saturated heterocycles. The van der Waals surface area contributed by atoms with Gasteiger partial charge in [-0.25, -0.2) is 4.79 Å². The van der Waals surface area contributed by atoms with E-state index in [1.54, 1.807) is 39.3 Å². The van der Waals surface area contributed by atoms with E-state index < -0.39 is 34.1 Å². The number of imide groups is 1. The highest BCUT2D eigenvalue weighted by molar-refractivity contribution is 7.89. The third-order valence-corrected chi connectivity index (χ3v) is 11.4. The maximum atomic E-state index is 14.1. The molecule has 2 heterocycles. The number of nitrogens with two attached hydrogens (primary N) is 1. The molecule has 266 valence electrons. The summed E-state index contributed by atoms with van der Waals surface area (Å²) < 4.78 is 42.2. The highest BCUT2D eigenvalue weighted by Crippen LogP contribution is 2.31. The van der Waals surface area contributed by atoms with E-state index in [1.165, 1.54) is 47.4 Å². The van der Waals surface area contributed by atoms with Gasteiger partial charge in [-0.3, -0.25) is 9.69 Å². The number of thiophene rings is 1. The largest absolute Gasteiger partial charge is 0.508 e. The minimum Gasteiger partial charge on any atom is -0.508 e. The number of aromatic hydroxyl groups is 1. The van der Waals surface area contributed by atoms with Gasteiger partial charge in [0, 0.05) is 16.1 Å². The topological polar surface area (TPSA) is 157 Å². The number of hydrogen-bond acceptors (Lipinski definition) is 10. The molecular weight excluding hydrogens is 681 g/mol. The molecule has 0 radical (unpaired) electrons. The van der Waals surface area contributed by atoms with E-state index in [0.29, 0.717) is 41.2 Å². The molecule has 0 bridgehead atoms. The Morgan fingerprint density at radius 2 is 1.68 bits per heavy atom. The number of benzene rings is 3. The number of carbonyl (C=O) groups excluding carboxylic acids is 2. The van der Waals surface area contributed by atoms with Crippen molar-refractivity contribution in [3.05, 3.63) is 94.9 Å². The van der Waals surface area contributed by atoms with Gasteiger partial charge < -0.3 is 34.3 Å². The van der Waals surface area contributed by atoms with E-state index in [0.717, 1.165) is 40.3 Å². The zero-order valence-corrected chi connectivity index (χ0v) is 30.1. The summed E-state index contributed by atoms with van der Waals surface area (Å²) in [6, 6.07) is 19.2. The lowest BCUT2D eigenvalue weighted by atomic mass is 9.98. The van der Waals surface area contributed by atoms with Crippen molar-refractivity contribution in [1.82, 2.24) is 4.90 Å². The number of ether oxygens (including phenoxy) is 2. The molecule has 12 nitrogen and oxygen atoms in total. The lowest BCUT2D eigenvalue weighted by Gasteiger charge is -2.44. The van der Waals surface area contributed by atoms with Crippen molar-refractivity contribution in [2.24, 2.45) is 5.73 Å². The molecule has 0 aliphatic carbocycles. The van der Waals surface area contributed by atoms with Gasteiger partial charge in [-0.05, 0) is 98.5 Å². The van der Waals surface area contributed by atoms with E-state index in [-0.39, 0.29) is 22.1 Å². The lowest BCUT2D eigenvalue weighted by Crippen LogP contribution is -2.62. The van der Waals surface area contributed by atoms with E-state index in [9.17, 15) is 23.1 Å². The first-order valence-corrected chi connectivity index (χ1v) is 18.3. The molecule has 0 spiro atoms. The van der Waals surface area contributed by atoms with Crippen LogP contribution in [0.4, 0.5) is 10.5 Å². The molecule has 1 fully saturated rings. The molecule has 1 aliphatic rings. The van der Waals surface area contributed by atoms with Crippen molar-refractivity contribution < 1.29 is 41.3 Å². The first kappa shape index (κ1) is 36.6. The summed E-state index contributed by atoms with van der Waals surface area (Å²) in [6.45, 7) is 3.77. The second-order valence-corrected chi connectivity index (χ2v) is 15.8. The molecule has 4 N–H and O–H groups in total. The summed E-state index contributed by atoms with van der Waals surface area (Å²) >= 11 is 1.11. The zero-order valence-electron chi connectivity index (χ0n) is 28.5. The summed E-state index contributed by atoms with van der Waals surface area (Å²) in [5.74, 6) is 0.896. The van der Waals surface area contributed by atoms with Gasteiger partial charge in [0.1, 0.15) is 24.6 Å². The van der Waals surface area contributed by atoms with Gasteiger partial charge in [0.2, 0.25) is 5.91 Å². The van der Waals surface area contributed by atoms with Gasteiger partial charge >= 0.3 is 16.1 Å². The van der Waals surface area contributed by atoms with E-state index >= 15 is 0 Å². The van der Waals surface area contributed by atoms with Crippen LogP contribution >= 0.6 is 11.3 Å². The highest BCUT2D eigenvalue weighted by Gasteiger charge is 2.41. The predicted molar refractivity (Wildman–Crippen MR) is 191 cm³/mol. The van der Waals surface area contributed by atoms with Crippen LogP contribution in [0.25, 0.3) is 0 Å². The fourth-order valence-electron chi connectivity index (χ4n) is 6.26. The SMILES string of the molecule is COc1ccc(C[N+]2(C)CCC[C@H](N(C(=O)Nc3ccc(OS(=O)(=O)c4ccc(C)s4)cc3)C(=O)[C@@H](N)Cc3ccc(O)cc3)C2)cc1OC. The first-order valence-electron chi connectivity index (χ1n) is 16.1. The molecule has 1 aromatic heterocycles. The number of anilines is 1. The molecule has 4 aromatic rings. The molecular formula is C36H43N4O8S2+. The molecule has 1 aliphatic heterocycles. The van der Waals surface area contributed by atoms with Crippen LogP contribution in [0, 0.1) is 6.92 Å². The number of likely N-dealkylation sites (N-methyl/N-ethyl adjacent to an activating group) is 1. The van der Waals surface area contributed by atoms with Crippen molar-refractivity contribution in [3.63, 3.8) is 0 Å². The van der Waals surface area contributed by atoms with Crippen LogP contribution in [0.2, 0.25) is 0 Å². The summed E-state index contributed by atoms with van der Waals surface area (Å²) in [6.07, 6.45) is 1.53. The monoisotopic (exact) mass is 723 g/mol. The Kier molecular flexibility index (Phi) is 11.4. The Morgan fingerprint density at radius 3 is 2.32 bits per heavy atom. The Balaban J connectivity index is 1.36. The maximum absolute atomic E-state index is 14.1. The van der Waals surface area contributed by atoms with Crippen molar-refractivity contribution >= 4 is 39.1 Å². The summed E-state index contributed by atoms with van der Waals surface area (Å²) in [4.78, 5) is 30.2. The zero-order chi connectivity index (χ0) is 36.1. The average Bonchev–Trinajstić information content (AvgIpc) is 3.53. The molecule has 3 aromatic carbocycles. The predicted octanol–water partition coefficient (Wildman–Crippen LogP) is 5.29. The summed E-state index contributed by atoms with van der Waals surface area (Å²) in [5.41, 5.74) is 8.57. The van der Waals surface area contributed by atoms with Gasteiger partial charge in [0.05, 0.1) is 39.9 Å². The number of amides is 3. The van der Waals surface area contributed by atoms with Crippen LogP contribution in [-0.4, -0.2) is 81.3 Å². The van der Waals surface area contributed by atoms with E-state index in [4.69, 9.17) is 19.4 Å². The Bertz CT molecular complexity index is 1910. The molecule has 5 rings (SSSR count). The van der Waals surface area contributed by atoms with Crippen LogP contribution < -0.4 is 24.7 Å². The fraction of sp³-hybridized carbons (Fsp3) is 0.333. The van der Waals surface area contributed by atoms with Crippen molar-refractivity contribution in [2.45, 2.75) is 49.0 Å². The molecule has 14 heteroatoms. The van der Waals surface area contributed by atoms with Crippen LogP contribution in [0.3, 0.4) is 0 Å². The van der Waals surface area contributed by atoms with Gasteiger partial charge in [0.15, 0.2) is 15.7 Å².